The SMILES string of the molecule is CCSCCCNC1CCC(C)(C)C1. The van der Waals surface area contributed by atoms with Gasteiger partial charge < -0.3 is 5.32 Å². The molecule has 0 bridgehead atoms. The van der Waals surface area contributed by atoms with Gasteiger partial charge in [0.15, 0.2) is 0 Å². The Balaban J connectivity index is 1.98. The van der Waals surface area contributed by atoms with Gasteiger partial charge in [-0.25, -0.2) is 0 Å². The van der Waals surface area contributed by atoms with E-state index in [1.807, 2.05) is 0 Å². The summed E-state index contributed by atoms with van der Waals surface area (Å²) < 4.78 is 0. The van der Waals surface area contributed by atoms with Crippen molar-refractivity contribution in [2.75, 3.05) is 18.1 Å². The monoisotopic (exact) mass is 215 g/mol. The topological polar surface area (TPSA) is 12.0 Å². The minimum atomic E-state index is 0.593. The van der Waals surface area contributed by atoms with Gasteiger partial charge in [0.05, 0.1) is 0 Å². The Bertz CT molecular complexity index is 156. The fraction of sp³-hybridized carbons (Fsp3) is 1.00. The van der Waals surface area contributed by atoms with E-state index in [4.69, 9.17) is 0 Å². The Morgan fingerprint density at radius 1 is 1.43 bits per heavy atom. The molecule has 0 amide bonds. The predicted octanol–water partition coefficient (Wildman–Crippen LogP) is 3.30. The summed E-state index contributed by atoms with van der Waals surface area (Å²) in [4.78, 5) is 0. The lowest BCUT2D eigenvalue weighted by Crippen LogP contribution is -2.28. The first-order valence-corrected chi connectivity index (χ1v) is 7.10. The van der Waals surface area contributed by atoms with Crippen molar-refractivity contribution in [1.29, 1.82) is 0 Å². The predicted molar refractivity (Wildman–Crippen MR) is 67.0 cm³/mol. The molecule has 14 heavy (non-hydrogen) atoms. The molecule has 1 aliphatic rings. The first-order valence-electron chi connectivity index (χ1n) is 5.95. The molecule has 1 aliphatic carbocycles. The molecule has 0 aromatic rings. The minimum absolute atomic E-state index is 0.593. The summed E-state index contributed by atoms with van der Waals surface area (Å²) in [5.74, 6) is 2.58. The summed E-state index contributed by atoms with van der Waals surface area (Å²) in [6, 6.07) is 0.802. The quantitative estimate of drug-likeness (QED) is 0.682. The van der Waals surface area contributed by atoms with Crippen LogP contribution in [0.25, 0.3) is 0 Å². The van der Waals surface area contributed by atoms with Crippen molar-refractivity contribution in [2.24, 2.45) is 5.41 Å². The number of thioether (sulfide) groups is 1. The highest BCUT2D eigenvalue weighted by atomic mass is 32.2. The molecule has 1 saturated carbocycles. The van der Waals surface area contributed by atoms with E-state index in [-0.39, 0.29) is 0 Å². The molecule has 0 spiro atoms. The van der Waals surface area contributed by atoms with Crippen LogP contribution < -0.4 is 5.32 Å². The third-order valence-electron chi connectivity index (χ3n) is 3.07. The zero-order chi connectivity index (χ0) is 10.4. The second-order valence-electron chi connectivity index (χ2n) is 5.11. The number of hydrogen-bond donors (Lipinski definition) is 1. The molecule has 0 heterocycles. The fourth-order valence-corrected chi connectivity index (χ4v) is 2.87. The highest BCUT2D eigenvalue weighted by molar-refractivity contribution is 7.99. The van der Waals surface area contributed by atoms with E-state index in [0.717, 1.165) is 6.04 Å². The van der Waals surface area contributed by atoms with Crippen molar-refractivity contribution in [1.82, 2.24) is 5.32 Å². The van der Waals surface area contributed by atoms with E-state index in [2.05, 4.69) is 37.8 Å². The van der Waals surface area contributed by atoms with Gasteiger partial charge in [-0.3, -0.25) is 0 Å². The van der Waals surface area contributed by atoms with Crippen molar-refractivity contribution >= 4 is 11.8 Å². The third kappa shape index (κ3) is 4.70. The van der Waals surface area contributed by atoms with Gasteiger partial charge in [-0.15, -0.1) is 0 Å². The Morgan fingerprint density at radius 2 is 2.21 bits per heavy atom. The lowest BCUT2D eigenvalue weighted by molar-refractivity contribution is 0.365. The maximum absolute atomic E-state index is 3.68. The van der Waals surface area contributed by atoms with E-state index in [0.29, 0.717) is 5.41 Å². The second-order valence-corrected chi connectivity index (χ2v) is 6.50. The normalized spacial score (nSPS) is 25.5. The second kappa shape index (κ2) is 6.02. The van der Waals surface area contributed by atoms with Crippen molar-refractivity contribution in [3.05, 3.63) is 0 Å². The highest BCUT2D eigenvalue weighted by Gasteiger charge is 2.30. The van der Waals surface area contributed by atoms with Crippen LogP contribution in [-0.2, 0) is 0 Å². The van der Waals surface area contributed by atoms with Gasteiger partial charge >= 0.3 is 0 Å². The molecule has 0 radical (unpaired) electrons. The molecule has 1 rings (SSSR count). The van der Waals surface area contributed by atoms with Crippen LogP contribution >= 0.6 is 11.8 Å². The standard InChI is InChI=1S/C12H25NS/c1-4-14-9-5-8-13-11-6-7-12(2,3)10-11/h11,13H,4-10H2,1-3H3. The van der Waals surface area contributed by atoms with Crippen LogP contribution in [0.15, 0.2) is 0 Å². The summed E-state index contributed by atoms with van der Waals surface area (Å²) in [7, 11) is 0. The van der Waals surface area contributed by atoms with Crippen LogP contribution in [0.1, 0.15) is 46.5 Å². The molecule has 1 N–H and O–H groups in total. The van der Waals surface area contributed by atoms with E-state index in [1.165, 1.54) is 43.7 Å². The Kier molecular flexibility index (Phi) is 5.32. The highest BCUT2D eigenvalue weighted by Crippen LogP contribution is 2.36. The van der Waals surface area contributed by atoms with Crippen LogP contribution in [0.4, 0.5) is 0 Å². The average Bonchev–Trinajstić information content (AvgIpc) is 2.45. The van der Waals surface area contributed by atoms with Gasteiger partial charge in [-0.2, -0.15) is 11.8 Å². The molecule has 1 atom stereocenters. The zero-order valence-corrected chi connectivity index (χ0v) is 10.8. The molecule has 0 saturated heterocycles. The van der Waals surface area contributed by atoms with Crippen LogP contribution in [0, 0.1) is 5.41 Å². The molecule has 1 nitrogen and oxygen atoms in total. The average molecular weight is 215 g/mol. The van der Waals surface area contributed by atoms with Crippen LogP contribution in [-0.4, -0.2) is 24.1 Å². The van der Waals surface area contributed by atoms with Crippen molar-refractivity contribution < 1.29 is 0 Å². The molecule has 0 aromatic carbocycles. The number of hydrogen-bond acceptors (Lipinski definition) is 2. The summed E-state index contributed by atoms with van der Waals surface area (Å²) in [5.41, 5.74) is 0.593. The van der Waals surface area contributed by atoms with E-state index < -0.39 is 0 Å². The summed E-state index contributed by atoms with van der Waals surface area (Å²) in [6.45, 7) is 8.23. The van der Waals surface area contributed by atoms with Gasteiger partial charge in [0.2, 0.25) is 0 Å². The van der Waals surface area contributed by atoms with Crippen LogP contribution in [0.3, 0.4) is 0 Å². The lowest BCUT2D eigenvalue weighted by atomic mass is 9.92. The van der Waals surface area contributed by atoms with Gasteiger partial charge in [0, 0.05) is 6.04 Å². The Labute approximate surface area is 93.4 Å². The zero-order valence-electron chi connectivity index (χ0n) is 9.94. The maximum Gasteiger partial charge on any atom is 0.00723 e. The minimum Gasteiger partial charge on any atom is -0.314 e. The molecule has 84 valence electrons. The smallest absolute Gasteiger partial charge is 0.00723 e. The Morgan fingerprint density at radius 3 is 2.79 bits per heavy atom. The molecule has 1 fully saturated rings. The molecule has 1 unspecified atom stereocenters. The van der Waals surface area contributed by atoms with Gasteiger partial charge in [-0.1, -0.05) is 20.8 Å². The number of nitrogens with one attached hydrogen (secondary N) is 1. The summed E-state index contributed by atoms with van der Waals surface area (Å²) in [5, 5.41) is 3.68. The van der Waals surface area contributed by atoms with Crippen molar-refractivity contribution in [3.8, 4) is 0 Å². The molecular formula is C12H25NS. The fourth-order valence-electron chi connectivity index (χ4n) is 2.24. The lowest BCUT2D eigenvalue weighted by Gasteiger charge is -2.17. The maximum atomic E-state index is 3.68. The first kappa shape index (κ1) is 12.4. The largest absolute Gasteiger partial charge is 0.314 e. The van der Waals surface area contributed by atoms with E-state index in [1.54, 1.807) is 0 Å². The van der Waals surface area contributed by atoms with Gasteiger partial charge in [0.25, 0.3) is 0 Å². The molecular weight excluding hydrogens is 190 g/mol. The number of rotatable bonds is 6. The van der Waals surface area contributed by atoms with E-state index >= 15 is 0 Å². The third-order valence-corrected chi connectivity index (χ3v) is 4.06. The van der Waals surface area contributed by atoms with Gasteiger partial charge in [0.1, 0.15) is 0 Å². The van der Waals surface area contributed by atoms with Crippen molar-refractivity contribution in [2.45, 2.75) is 52.5 Å². The molecule has 0 aromatic heterocycles. The van der Waals surface area contributed by atoms with E-state index in [9.17, 15) is 0 Å². The van der Waals surface area contributed by atoms with Crippen LogP contribution in [0.5, 0.6) is 0 Å². The summed E-state index contributed by atoms with van der Waals surface area (Å²) in [6.07, 6.45) is 5.48. The first-order chi connectivity index (χ1) is 6.64. The van der Waals surface area contributed by atoms with Gasteiger partial charge in [-0.05, 0) is 49.1 Å². The van der Waals surface area contributed by atoms with Crippen molar-refractivity contribution in [3.63, 3.8) is 0 Å². The molecule has 2 heteroatoms. The summed E-state index contributed by atoms with van der Waals surface area (Å²) >= 11 is 2.05. The Hall–Kier alpha value is 0.310. The molecule has 0 aliphatic heterocycles. The van der Waals surface area contributed by atoms with Crippen LogP contribution in [0.2, 0.25) is 0 Å².